The Morgan fingerprint density at radius 1 is 1.26 bits per heavy atom. The van der Waals surface area contributed by atoms with Crippen LogP contribution in [-0.2, 0) is 17.8 Å². The fourth-order valence-electron chi connectivity index (χ4n) is 3.41. The van der Waals surface area contributed by atoms with Gasteiger partial charge < -0.3 is 0 Å². The van der Waals surface area contributed by atoms with Crippen molar-refractivity contribution in [3.63, 3.8) is 0 Å². The molecule has 1 aliphatic rings. The van der Waals surface area contributed by atoms with Crippen LogP contribution in [0.3, 0.4) is 0 Å². The molecule has 6 nitrogen and oxygen atoms in total. The number of rotatable bonds is 4. The summed E-state index contributed by atoms with van der Waals surface area (Å²) in [6.07, 6.45) is 4.71. The van der Waals surface area contributed by atoms with Crippen LogP contribution in [0, 0.1) is 5.92 Å². The molecule has 1 atom stereocenters. The molecule has 27 heavy (non-hydrogen) atoms. The molecule has 0 bridgehead atoms. The Kier molecular flexibility index (Phi) is 4.66. The topological polar surface area (TPSA) is 62.9 Å². The minimum atomic E-state index is 0.00877. The van der Waals surface area contributed by atoms with E-state index in [9.17, 15) is 4.79 Å². The third kappa shape index (κ3) is 3.32. The average Bonchev–Trinajstić information content (AvgIpc) is 3.02. The smallest absolute Gasteiger partial charge is 0.243 e. The van der Waals surface area contributed by atoms with Crippen LogP contribution in [-0.4, -0.2) is 31.2 Å². The molecular weight excluding hydrogens is 362 g/mol. The molecule has 3 aromatic rings. The van der Waals surface area contributed by atoms with Crippen molar-refractivity contribution in [2.45, 2.75) is 33.2 Å². The van der Waals surface area contributed by atoms with E-state index in [0.29, 0.717) is 18.0 Å². The maximum absolute atomic E-state index is 12.5. The highest BCUT2D eigenvalue weighted by Crippen LogP contribution is 2.28. The fraction of sp³-hybridized carbons (Fsp3) is 0.300. The lowest BCUT2D eigenvalue weighted by Crippen LogP contribution is -2.36. The number of hydrogen-bond acceptors (Lipinski definition) is 4. The van der Waals surface area contributed by atoms with Crippen LogP contribution in [0.25, 0.3) is 5.52 Å². The Hall–Kier alpha value is -2.73. The number of carbonyl (C=O) groups is 1. The van der Waals surface area contributed by atoms with Gasteiger partial charge in [-0.25, -0.2) is 9.52 Å². The molecule has 0 saturated heterocycles. The Morgan fingerprint density at radius 2 is 2.11 bits per heavy atom. The molecule has 0 fully saturated rings. The van der Waals surface area contributed by atoms with Gasteiger partial charge in [-0.2, -0.15) is 10.2 Å². The summed E-state index contributed by atoms with van der Waals surface area (Å²) in [7, 11) is 0. The summed E-state index contributed by atoms with van der Waals surface area (Å²) in [5, 5.41) is 11.6. The van der Waals surface area contributed by atoms with E-state index in [1.54, 1.807) is 16.9 Å². The molecule has 0 N–H and O–H groups in total. The first-order valence-electron chi connectivity index (χ1n) is 9.02. The van der Waals surface area contributed by atoms with Gasteiger partial charge in [-0.05, 0) is 30.7 Å². The van der Waals surface area contributed by atoms with Gasteiger partial charge in [0.2, 0.25) is 5.91 Å². The summed E-state index contributed by atoms with van der Waals surface area (Å²) in [4.78, 5) is 16.9. The molecular formula is C20H20ClN5O. The maximum Gasteiger partial charge on any atom is 0.243 e. The van der Waals surface area contributed by atoms with Gasteiger partial charge in [0.1, 0.15) is 0 Å². The van der Waals surface area contributed by atoms with Crippen LogP contribution in [0.4, 0.5) is 0 Å². The first kappa shape index (κ1) is 17.7. The Labute approximate surface area is 162 Å². The van der Waals surface area contributed by atoms with Crippen LogP contribution >= 0.6 is 11.6 Å². The molecule has 7 heteroatoms. The Morgan fingerprint density at radius 3 is 2.85 bits per heavy atom. The third-order valence-corrected chi connectivity index (χ3v) is 4.98. The van der Waals surface area contributed by atoms with Crippen molar-refractivity contribution in [1.82, 2.24) is 19.6 Å². The Balaban J connectivity index is 1.80. The second-order valence-corrected chi connectivity index (χ2v) is 7.15. The van der Waals surface area contributed by atoms with Gasteiger partial charge in [0.05, 0.1) is 34.2 Å². The lowest BCUT2D eigenvalue weighted by Gasteiger charge is -2.27. The summed E-state index contributed by atoms with van der Waals surface area (Å²) in [6.45, 7) is 4.47. The molecule has 0 saturated carbocycles. The van der Waals surface area contributed by atoms with Gasteiger partial charge in [0, 0.05) is 30.3 Å². The van der Waals surface area contributed by atoms with E-state index in [2.05, 4.69) is 17.0 Å². The largest absolute Gasteiger partial charge is 0.273 e. The molecule has 0 radical (unpaired) electrons. The van der Waals surface area contributed by atoms with Crippen molar-refractivity contribution in [1.29, 1.82) is 0 Å². The summed E-state index contributed by atoms with van der Waals surface area (Å²) in [5.41, 5.74) is 4.61. The summed E-state index contributed by atoms with van der Waals surface area (Å²) < 4.78 is 1.80. The zero-order valence-electron chi connectivity index (χ0n) is 15.3. The number of pyridine rings is 2. The predicted octanol–water partition coefficient (Wildman–Crippen LogP) is 3.72. The molecule has 1 amide bonds. The number of hydrogen-bond donors (Lipinski definition) is 0. The molecule has 0 aliphatic carbocycles. The standard InChI is InChI=1S/C20H20ClN5O/c1-3-16-19(17-8-7-14(21)11-25(17)23-16)20-13(2)10-18(27)26(24-20)12-15-6-4-5-9-22-15/h4-9,11,13H,3,10,12H2,1-2H3. The van der Waals surface area contributed by atoms with Gasteiger partial charge in [-0.1, -0.05) is 31.5 Å². The second kappa shape index (κ2) is 7.12. The number of amides is 1. The first-order chi connectivity index (χ1) is 13.1. The van der Waals surface area contributed by atoms with Gasteiger partial charge in [0.25, 0.3) is 0 Å². The summed E-state index contributed by atoms with van der Waals surface area (Å²) in [6, 6.07) is 9.48. The monoisotopic (exact) mass is 381 g/mol. The number of carbonyl (C=O) groups excluding carboxylic acids is 1. The van der Waals surface area contributed by atoms with Gasteiger partial charge >= 0.3 is 0 Å². The van der Waals surface area contributed by atoms with Gasteiger partial charge in [-0.15, -0.1) is 0 Å². The normalized spacial score (nSPS) is 17.4. The second-order valence-electron chi connectivity index (χ2n) is 6.72. The van der Waals surface area contributed by atoms with E-state index in [-0.39, 0.29) is 11.8 Å². The lowest BCUT2D eigenvalue weighted by molar-refractivity contribution is -0.133. The maximum atomic E-state index is 12.5. The molecule has 4 rings (SSSR count). The lowest BCUT2D eigenvalue weighted by atomic mass is 9.92. The van der Waals surface area contributed by atoms with E-state index < -0.39 is 0 Å². The number of hydrazone groups is 1. The van der Waals surface area contributed by atoms with E-state index in [1.807, 2.05) is 37.3 Å². The highest BCUT2D eigenvalue weighted by Gasteiger charge is 2.30. The first-order valence-corrected chi connectivity index (χ1v) is 9.40. The van der Waals surface area contributed by atoms with Crippen LogP contribution in [0.5, 0.6) is 0 Å². The van der Waals surface area contributed by atoms with Crippen molar-refractivity contribution in [2.75, 3.05) is 0 Å². The van der Waals surface area contributed by atoms with Crippen molar-refractivity contribution in [3.8, 4) is 0 Å². The van der Waals surface area contributed by atoms with Gasteiger partial charge in [-0.3, -0.25) is 9.78 Å². The number of nitrogens with zero attached hydrogens (tertiary/aromatic N) is 5. The number of aromatic nitrogens is 3. The number of aryl methyl sites for hydroxylation is 1. The van der Waals surface area contributed by atoms with Crippen LogP contribution in [0.2, 0.25) is 5.02 Å². The molecule has 138 valence electrons. The molecule has 3 aromatic heterocycles. The zero-order chi connectivity index (χ0) is 19.0. The summed E-state index contributed by atoms with van der Waals surface area (Å²) >= 11 is 6.12. The van der Waals surface area contributed by atoms with E-state index in [4.69, 9.17) is 16.7 Å². The Bertz CT molecular complexity index is 1030. The highest BCUT2D eigenvalue weighted by atomic mass is 35.5. The molecule has 1 aliphatic heterocycles. The number of halogens is 1. The van der Waals surface area contributed by atoms with E-state index >= 15 is 0 Å². The van der Waals surface area contributed by atoms with E-state index in [1.165, 1.54) is 5.01 Å². The molecule has 4 heterocycles. The number of fused-ring (bicyclic) bond motifs is 1. The quantitative estimate of drug-likeness (QED) is 0.692. The third-order valence-electron chi connectivity index (χ3n) is 4.76. The highest BCUT2D eigenvalue weighted by molar-refractivity contribution is 6.30. The average molecular weight is 382 g/mol. The molecule has 1 unspecified atom stereocenters. The van der Waals surface area contributed by atoms with Crippen LogP contribution in [0.1, 0.15) is 37.2 Å². The van der Waals surface area contributed by atoms with Crippen LogP contribution < -0.4 is 0 Å². The summed E-state index contributed by atoms with van der Waals surface area (Å²) in [5.74, 6) is 0.0286. The van der Waals surface area contributed by atoms with Crippen molar-refractivity contribution >= 4 is 28.7 Å². The minimum Gasteiger partial charge on any atom is -0.273 e. The van der Waals surface area contributed by atoms with Crippen LogP contribution in [0.15, 0.2) is 47.8 Å². The minimum absolute atomic E-state index is 0.00877. The van der Waals surface area contributed by atoms with Gasteiger partial charge in [0.15, 0.2) is 0 Å². The van der Waals surface area contributed by atoms with Crippen molar-refractivity contribution < 1.29 is 4.79 Å². The predicted molar refractivity (Wildman–Crippen MR) is 105 cm³/mol. The fourth-order valence-corrected chi connectivity index (χ4v) is 3.57. The SMILES string of the molecule is CCc1nn2cc(Cl)ccc2c1C1=NN(Cc2ccccn2)C(=O)CC1C. The van der Waals surface area contributed by atoms with Crippen molar-refractivity contribution in [3.05, 3.63) is 64.7 Å². The molecule has 0 aromatic carbocycles. The zero-order valence-corrected chi connectivity index (χ0v) is 16.0. The molecule has 0 spiro atoms. The van der Waals surface area contributed by atoms with Crippen molar-refractivity contribution in [2.24, 2.45) is 11.0 Å². The van der Waals surface area contributed by atoms with E-state index in [0.717, 1.165) is 34.6 Å².